The third-order valence-electron chi connectivity index (χ3n) is 4.72. The molecule has 1 aromatic heterocycles. The van der Waals surface area contributed by atoms with Crippen molar-refractivity contribution < 1.29 is 32.5 Å². The number of hydrogen-bond donors (Lipinski definition) is 1. The molecule has 0 aliphatic rings. The fourth-order valence-corrected chi connectivity index (χ4v) is 3.16. The second-order valence-corrected chi connectivity index (χ2v) is 7.20. The van der Waals surface area contributed by atoms with Crippen molar-refractivity contribution in [2.75, 3.05) is 13.2 Å². The van der Waals surface area contributed by atoms with Crippen LogP contribution >= 0.6 is 0 Å². The number of rotatable bonds is 7. The van der Waals surface area contributed by atoms with Crippen LogP contribution in [-0.2, 0) is 22.8 Å². The van der Waals surface area contributed by atoms with E-state index >= 15 is 0 Å². The van der Waals surface area contributed by atoms with E-state index in [1.807, 2.05) is 24.3 Å². The molecular formula is C23H22F3NO4. The molecule has 0 saturated carbocycles. The molecule has 5 nitrogen and oxygen atoms in total. The predicted octanol–water partition coefficient (Wildman–Crippen LogP) is 4.72. The topological polar surface area (TPSA) is 60.7 Å². The molecule has 31 heavy (non-hydrogen) atoms. The number of halogens is 3. The number of aliphatic hydroxyl groups is 1. The molecule has 1 N–H and O–H groups in total. The van der Waals surface area contributed by atoms with Crippen molar-refractivity contribution in [2.45, 2.75) is 19.2 Å². The highest BCUT2D eigenvalue weighted by Gasteiger charge is 2.34. The molecule has 0 aliphatic carbocycles. The van der Waals surface area contributed by atoms with Gasteiger partial charge in [0.15, 0.2) is 0 Å². The van der Waals surface area contributed by atoms with E-state index in [-0.39, 0.29) is 30.1 Å². The summed E-state index contributed by atoms with van der Waals surface area (Å²) in [6, 6.07) is 12.4. The molecule has 0 spiro atoms. The van der Waals surface area contributed by atoms with Crippen LogP contribution in [-0.4, -0.2) is 35.0 Å². The Balaban J connectivity index is 1.87. The van der Waals surface area contributed by atoms with E-state index in [0.29, 0.717) is 5.69 Å². The lowest BCUT2D eigenvalue weighted by Gasteiger charge is -2.17. The Morgan fingerprint density at radius 1 is 1.16 bits per heavy atom. The maximum absolute atomic E-state index is 13.7. The van der Waals surface area contributed by atoms with E-state index in [1.165, 1.54) is 19.1 Å². The molecule has 1 heterocycles. The van der Waals surface area contributed by atoms with E-state index < -0.39 is 23.8 Å². The number of para-hydroxylation sites is 1. The lowest BCUT2D eigenvalue weighted by molar-refractivity contribution is -0.142. The van der Waals surface area contributed by atoms with Gasteiger partial charge in [0.2, 0.25) is 0 Å². The van der Waals surface area contributed by atoms with Gasteiger partial charge in [-0.3, -0.25) is 0 Å². The number of alkyl halides is 3. The van der Waals surface area contributed by atoms with Gasteiger partial charge in [-0.2, -0.15) is 13.2 Å². The van der Waals surface area contributed by atoms with Crippen molar-refractivity contribution in [3.63, 3.8) is 0 Å². The van der Waals surface area contributed by atoms with Gasteiger partial charge in [-0.15, -0.1) is 0 Å². The smallest absolute Gasteiger partial charge is 0.417 e. The Bertz CT molecular complexity index is 1120. The van der Waals surface area contributed by atoms with Crippen molar-refractivity contribution >= 4 is 16.9 Å². The van der Waals surface area contributed by atoms with Gasteiger partial charge in [0.25, 0.3) is 0 Å². The van der Waals surface area contributed by atoms with Crippen LogP contribution in [0.3, 0.4) is 0 Å². The number of aromatic nitrogens is 1. The lowest BCUT2D eigenvalue weighted by Crippen LogP contribution is -2.25. The van der Waals surface area contributed by atoms with Crippen LogP contribution in [0, 0.1) is 0 Å². The van der Waals surface area contributed by atoms with Crippen LogP contribution in [0.1, 0.15) is 12.5 Å². The molecule has 164 valence electrons. The number of ether oxygens (including phenoxy) is 2. The first-order chi connectivity index (χ1) is 14.6. The molecule has 0 aliphatic heterocycles. The largest absolute Gasteiger partial charge is 0.491 e. The summed E-state index contributed by atoms with van der Waals surface area (Å²) in [5, 5.41) is 10.7. The number of esters is 1. The second kappa shape index (κ2) is 8.85. The van der Waals surface area contributed by atoms with E-state index in [2.05, 4.69) is 6.58 Å². The summed E-state index contributed by atoms with van der Waals surface area (Å²) in [6.45, 7) is 4.33. The highest BCUT2D eigenvalue weighted by molar-refractivity contribution is 5.88. The number of carbonyl (C=O) groups is 1. The molecule has 0 fully saturated rings. The van der Waals surface area contributed by atoms with E-state index in [0.717, 1.165) is 17.0 Å². The van der Waals surface area contributed by atoms with Crippen LogP contribution in [0.5, 0.6) is 5.75 Å². The zero-order valence-corrected chi connectivity index (χ0v) is 17.1. The van der Waals surface area contributed by atoms with Crippen molar-refractivity contribution in [3.8, 4) is 17.0 Å². The highest BCUT2D eigenvalue weighted by Crippen LogP contribution is 2.40. The summed E-state index contributed by atoms with van der Waals surface area (Å²) in [5.41, 5.74) is 0.547. The summed E-state index contributed by atoms with van der Waals surface area (Å²) in [7, 11) is 1.70. The highest BCUT2D eigenvalue weighted by atomic mass is 19.4. The Hall–Kier alpha value is -3.26. The van der Waals surface area contributed by atoms with Crippen LogP contribution < -0.4 is 4.74 Å². The Labute approximate surface area is 177 Å². The zero-order valence-electron chi connectivity index (χ0n) is 17.1. The third kappa shape index (κ3) is 5.08. The maximum atomic E-state index is 13.7. The van der Waals surface area contributed by atoms with E-state index in [9.17, 15) is 23.1 Å². The van der Waals surface area contributed by atoms with Crippen LogP contribution in [0.2, 0.25) is 0 Å². The quantitative estimate of drug-likeness (QED) is 0.433. The van der Waals surface area contributed by atoms with Gasteiger partial charge in [-0.05, 0) is 37.3 Å². The normalized spacial score (nSPS) is 12.6. The predicted molar refractivity (Wildman–Crippen MR) is 111 cm³/mol. The van der Waals surface area contributed by atoms with Crippen LogP contribution in [0.25, 0.3) is 22.2 Å². The van der Waals surface area contributed by atoms with Crippen LogP contribution in [0.4, 0.5) is 13.2 Å². The fourth-order valence-electron chi connectivity index (χ4n) is 3.16. The minimum absolute atomic E-state index is 0.0353. The van der Waals surface area contributed by atoms with Gasteiger partial charge in [-0.1, -0.05) is 24.8 Å². The van der Waals surface area contributed by atoms with Gasteiger partial charge in [0.05, 0.1) is 5.56 Å². The summed E-state index contributed by atoms with van der Waals surface area (Å²) in [5.74, 6) is -0.495. The Kier molecular flexibility index (Phi) is 6.40. The van der Waals surface area contributed by atoms with Gasteiger partial charge in [-0.25, -0.2) is 4.79 Å². The standard InChI is InChI=1S/C23H22F3NO4/c1-14(2)22(29)31-13-16(28)12-30-17-8-9-19(23(24,25)26)18(11-17)21-10-15-6-4-5-7-20(15)27(21)3/h4-11,16,28H,1,12-13H2,2-3H3. The minimum Gasteiger partial charge on any atom is -0.491 e. The molecule has 0 saturated heterocycles. The summed E-state index contributed by atoms with van der Waals surface area (Å²) in [6.07, 6.45) is -5.70. The Morgan fingerprint density at radius 3 is 2.52 bits per heavy atom. The molecular weight excluding hydrogens is 411 g/mol. The molecule has 2 aromatic carbocycles. The van der Waals surface area contributed by atoms with Gasteiger partial charge < -0.3 is 19.1 Å². The molecule has 0 radical (unpaired) electrons. The number of carbonyl (C=O) groups excluding carboxylic acids is 1. The molecule has 0 amide bonds. The van der Waals surface area contributed by atoms with E-state index in [1.54, 1.807) is 17.7 Å². The third-order valence-corrected chi connectivity index (χ3v) is 4.72. The number of nitrogens with zero attached hydrogens (tertiary/aromatic N) is 1. The maximum Gasteiger partial charge on any atom is 0.417 e. The molecule has 8 heteroatoms. The molecule has 0 bridgehead atoms. The van der Waals surface area contributed by atoms with Gasteiger partial charge in [0, 0.05) is 34.8 Å². The average Bonchev–Trinajstić information content (AvgIpc) is 3.06. The fraction of sp³-hybridized carbons (Fsp3) is 0.261. The number of aliphatic hydroxyl groups excluding tert-OH is 1. The molecule has 1 unspecified atom stereocenters. The zero-order chi connectivity index (χ0) is 22.8. The van der Waals surface area contributed by atoms with Crippen molar-refractivity contribution in [2.24, 2.45) is 7.05 Å². The number of fused-ring (bicyclic) bond motifs is 1. The average molecular weight is 433 g/mol. The lowest BCUT2D eigenvalue weighted by atomic mass is 10.0. The van der Waals surface area contributed by atoms with Crippen molar-refractivity contribution in [3.05, 3.63) is 66.2 Å². The van der Waals surface area contributed by atoms with Crippen molar-refractivity contribution in [1.29, 1.82) is 0 Å². The summed E-state index contributed by atoms with van der Waals surface area (Å²) < 4.78 is 53.0. The number of hydrogen-bond acceptors (Lipinski definition) is 4. The number of benzene rings is 2. The van der Waals surface area contributed by atoms with Gasteiger partial charge in [0.1, 0.15) is 25.1 Å². The van der Waals surface area contributed by atoms with Crippen LogP contribution in [0.15, 0.2) is 60.7 Å². The number of aryl methyl sites for hydroxylation is 1. The molecule has 3 aromatic rings. The second-order valence-electron chi connectivity index (χ2n) is 7.20. The molecule has 3 rings (SSSR count). The summed E-state index contributed by atoms with van der Waals surface area (Å²) in [4.78, 5) is 11.4. The first kappa shape index (κ1) is 22.4. The summed E-state index contributed by atoms with van der Waals surface area (Å²) >= 11 is 0. The minimum atomic E-state index is -4.55. The van der Waals surface area contributed by atoms with Crippen molar-refractivity contribution in [1.82, 2.24) is 4.57 Å². The monoisotopic (exact) mass is 433 g/mol. The Morgan fingerprint density at radius 2 is 1.87 bits per heavy atom. The van der Waals surface area contributed by atoms with E-state index in [4.69, 9.17) is 9.47 Å². The molecule has 1 atom stereocenters. The first-order valence-electron chi connectivity index (χ1n) is 9.47. The first-order valence-corrected chi connectivity index (χ1v) is 9.47. The SMILES string of the molecule is C=C(C)C(=O)OCC(O)COc1ccc(C(F)(F)F)c(-c2cc3ccccc3n2C)c1. The van der Waals surface area contributed by atoms with Gasteiger partial charge >= 0.3 is 12.1 Å².